The zero-order valence-electron chi connectivity index (χ0n) is 17.8. The Labute approximate surface area is 185 Å². The molecule has 0 N–H and O–H groups in total. The molecule has 5 nitrogen and oxygen atoms in total. The minimum Gasteiger partial charge on any atom is -0.342 e. The molecular weight excluding hydrogens is 398 g/mol. The minimum atomic E-state index is -0.598. The summed E-state index contributed by atoms with van der Waals surface area (Å²) in [4.78, 5) is 32.2. The highest BCUT2D eigenvalue weighted by Gasteiger charge is 2.34. The number of halogens is 1. The van der Waals surface area contributed by atoms with E-state index in [1.807, 2.05) is 35.2 Å². The van der Waals surface area contributed by atoms with Gasteiger partial charge in [-0.2, -0.15) is 0 Å². The molecule has 6 heteroatoms. The van der Waals surface area contributed by atoms with Crippen LogP contribution < -0.4 is 0 Å². The van der Waals surface area contributed by atoms with E-state index in [4.69, 9.17) is 11.6 Å². The van der Waals surface area contributed by atoms with Crippen LogP contribution in [-0.4, -0.2) is 71.8 Å². The molecule has 1 aromatic carbocycles. The molecule has 2 amide bonds. The summed E-state index contributed by atoms with van der Waals surface area (Å²) in [5.41, 5.74) is 0.867. The first-order valence-corrected chi connectivity index (χ1v) is 12.1. The number of carbonyl (C=O) groups is 2. The van der Waals surface area contributed by atoms with Crippen molar-refractivity contribution in [2.45, 2.75) is 56.4 Å². The summed E-state index contributed by atoms with van der Waals surface area (Å²) in [6.07, 6.45) is 7.53. The van der Waals surface area contributed by atoms with Gasteiger partial charge in [-0.1, -0.05) is 30.3 Å². The third-order valence-electron chi connectivity index (χ3n) is 7.15. The molecule has 30 heavy (non-hydrogen) atoms. The first kappa shape index (κ1) is 21.6. The molecule has 3 saturated heterocycles. The Morgan fingerprint density at radius 2 is 1.43 bits per heavy atom. The van der Waals surface area contributed by atoms with Crippen molar-refractivity contribution in [3.63, 3.8) is 0 Å². The topological polar surface area (TPSA) is 43.9 Å². The van der Waals surface area contributed by atoms with Crippen LogP contribution in [0.5, 0.6) is 0 Å². The van der Waals surface area contributed by atoms with Crippen LogP contribution in [0, 0.1) is 5.92 Å². The SMILES string of the molecule is O=C(C1CCN(C2CCN(C(=O)C(Cl)c3ccccc3)CC2)CC1)N1CCCCC1. The Bertz CT molecular complexity index is 706. The second kappa shape index (κ2) is 10.1. The van der Waals surface area contributed by atoms with Crippen molar-refractivity contribution in [1.29, 1.82) is 0 Å². The van der Waals surface area contributed by atoms with Crippen LogP contribution in [0.15, 0.2) is 30.3 Å². The normalized spacial score (nSPS) is 23.4. The van der Waals surface area contributed by atoms with Crippen LogP contribution in [0.1, 0.15) is 55.9 Å². The number of likely N-dealkylation sites (tertiary alicyclic amines) is 3. The van der Waals surface area contributed by atoms with Gasteiger partial charge in [0.25, 0.3) is 0 Å². The maximum atomic E-state index is 12.8. The molecule has 0 saturated carbocycles. The van der Waals surface area contributed by atoms with E-state index in [1.54, 1.807) is 0 Å². The highest BCUT2D eigenvalue weighted by molar-refractivity contribution is 6.30. The lowest BCUT2D eigenvalue weighted by Gasteiger charge is -2.42. The number of hydrogen-bond acceptors (Lipinski definition) is 3. The molecule has 3 heterocycles. The fourth-order valence-electron chi connectivity index (χ4n) is 5.26. The largest absolute Gasteiger partial charge is 0.342 e. The fourth-order valence-corrected chi connectivity index (χ4v) is 5.54. The first-order chi connectivity index (χ1) is 14.6. The van der Waals surface area contributed by atoms with Gasteiger partial charge < -0.3 is 14.7 Å². The highest BCUT2D eigenvalue weighted by Crippen LogP contribution is 2.28. The van der Waals surface area contributed by atoms with E-state index in [9.17, 15) is 9.59 Å². The molecule has 0 bridgehead atoms. The molecule has 3 aliphatic rings. The number of alkyl halides is 1. The predicted molar refractivity (Wildman–Crippen MR) is 119 cm³/mol. The van der Waals surface area contributed by atoms with Gasteiger partial charge in [0.2, 0.25) is 11.8 Å². The second-order valence-electron chi connectivity index (χ2n) is 9.03. The lowest BCUT2D eigenvalue weighted by atomic mass is 9.91. The summed E-state index contributed by atoms with van der Waals surface area (Å²) >= 11 is 6.45. The number of carbonyl (C=O) groups excluding carboxylic acids is 2. The van der Waals surface area contributed by atoms with Crippen molar-refractivity contribution in [3.05, 3.63) is 35.9 Å². The Hall–Kier alpha value is -1.59. The van der Waals surface area contributed by atoms with Gasteiger partial charge in [-0.3, -0.25) is 9.59 Å². The Balaban J connectivity index is 1.22. The standard InChI is InChI=1S/C24H34ClN3O2/c25-22(19-7-3-1-4-8-19)24(30)28-17-11-21(12-18-28)26-15-9-20(10-16-26)23(29)27-13-5-2-6-14-27/h1,3-4,7-8,20-22H,2,5-6,9-18H2. The van der Waals surface area contributed by atoms with Gasteiger partial charge >= 0.3 is 0 Å². The predicted octanol–water partition coefficient (Wildman–Crippen LogP) is 3.68. The smallest absolute Gasteiger partial charge is 0.245 e. The molecular formula is C24H34ClN3O2. The molecule has 1 aromatic rings. The quantitative estimate of drug-likeness (QED) is 0.683. The van der Waals surface area contributed by atoms with Gasteiger partial charge in [-0.25, -0.2) is 0 Å². The molecule has 0 aromatic heterocycles. The van der Waals surface area contributed by atoms with Gasteiger partial charge in [0.1, 0.15) is 5.38 Å². The average molecular weight is 432 g/mol. The number of rotatable bonds is 4. The van der Waals surface area contributed by atoms with Crippen molar-refractivity contribution in [2.24, 2.45) is 5.92 Å². The summed E-state index contributed by atoms with van der Waals surface area (Å²) in [6.45, 7) is 5.46. The van der Waals surface area contributed by atoms with E-state index in [1.165, 1.54) is 6.42 Å². The summed E-state index contributed by atoms with van der Waals surface area (Å²) in [5, 5.41) is -0.598. The number of nitrogens with zero attached hydrogens (tertiary/aromatic N) is 3. The monoisotopic (exact) mass is 431 g/mol. The Morgan fingerprint density at radius 3 is 2.07 bits per heavy atom. The summed E-state index contributed by atoms with van der Waals surface area (Å²) in [7, 11) is 0. The van der Waals surface area contributed by atoms with Crippen molar-refractivity contribution in [2.75, 3.05) is 39.3 Å². The molecule has 3 fully saturated rings. The van der Waals surface area contributed by atoms with Gasteiger partial charge in [-0.15, -0.1) is 11.6 Å². The minimum absolute atomic E-state index is 0.0205. The Kier molecular flexibility index (Phi) is 7.32. The highest BCUT2D eigenvalue weighted by atomic mass is 35.5. The zero-order valence-corrected chi connectivity index (χ0v) is 18.6. The van der Waals surface area contributed by atoms with Gasteiger partial charge in [0.05, 0.1) is 0 Å². The van der Waals surface area contributed by atoms with Gasteiger partial charge in [-0.05, 0) is 63.6 Å². The third-order valence-corrected chi connectivity index (χ3v) is 7.59. The summed E-state index contributed by atoms with van der Waals surface area (Å²) < 4.78 is 0. The van der Waals surface area contributed by atoms with E-state index in [0.717, 1.165) is 83.4 Å². The van der Waals surface area contributed by atoms with Crippen LogP contribution in [0.25, 0.3) is 0 Å². The Morgan fingerprint density at radius 1 is 0.800 bits per heavy atom. The van der Waals surface area contributed by atoms with Crippen LogP contribution in [-0.2, 0) is 9.59 Å². The first-order valence-electron chi connectivity index (χ1n) is 11.6. The molecule has 1 unspecified atom stereocenters. The van der Waals surface area contributed by atoms with Crippen LogP contribution in [0.4, 0.5) is 0 Å². The van der Waals surface area contributed by atoms with Crippen LogP contribution in [0.2, 0.25) is 0 Å². The summed E-state index contributed by atoms with van der Waals surface area (Å²) in [5.74, 6) is 0.625. The van der Waals surface area contributed by atoms with Crippen molar-refractivity contribution in [3.8, 4) is 0 Å². The average Bonchev–Trinajstić information content (AvgIpc) is 2.84. The molecule has 0 aliphatic carbocycles. The molecule has 1 atom stereocenters. The molecule has 3 aliphatic heterocycles. The lowest BCUT2D eigenvalue weighted by Crippen LogP contribution is -2.51. The number of amides is 2. The molecule has 0 radical (unpaired) electrons. The van der Waals surface area contributed by atoms with E-state index in [2.05, 4.69) is 9.80 Å². The molecule has 4 rings (SSSR count). The van der Waals surface area contributed by atoms with Crippen molar-refractivity contribution < 1.29 is 9.59 Å². The fraction of sp³-hybridized carbons (Fsp3) is 0.667. The summed E-state index contributed by atoms with van der Waals surface area (Å²) in [6, 6.07) is 10.1. The lowest BCUT2D eigenvalue weighted by molar-refractivity contribution is -0.138. The number of piperidine rings is 3. The number of hydrogen-bond donors (Lipinski definition) is 0. The number of benzene rings is 1. The van der Waals surface area contributed by atoms with E-state index < -0.39 is 5.38 Å². The maximum Gasteiger partial charge on any atom is 0.245 e. The molecule has 164 valence electrons. The molecule has 0 spiro atoms. The van der Waals surface area contributed by atoms with E-state index >= 15 is 0 Å². The van der Waals surface area contributed by atoms with E-state index in [0.29, 0.717) is 11.9 Å². The van der Waals surface area contributed by atoms with E-state index in [-0.39, 0.29) is 11.8 Å². The van der Waals surface area contributed by atoms with Crippen molar-refractivity contribution >= 4 is 23.4 Å². The zero-order chi connectivity index (χ0) is 20.9. The van der Waals surface area contributed by atoms with Crippen LogP contribution in [0.3, 0.4) is 0 Å². The second-order valence-corrected chi connectivity index (χ2v) is 9.46. The third kappa shape index (κ3) is 5.00. The maximum absolute atomic E-state index is 12.8. The van der Waals surface area contributed by atoms with Gasteiger partial charge in [0.15, 0.2) is 0 Å². The van der Waals surface area contributed by atoms with Gasteiger partial charge in [0, 0.05) is 38.1 Å². The van der Waals surface area contributed by atoms with Crippen molar-refractivity contribution in [1.82, 2.24) is 14.7 Å². The van der Waals surface area contributed by atoms with Crippen LogP contribution >= 0.6 is 11.6 Å².